The first kappa shape index (κ1) is 18.3. The fourth-order valence-electron chi connectivity index (χ4n) is 3.47. The highest BCUT2D eigenvalue weighted by Crippen LogP contribution is 2.28. The zero-order chi connectivity index (χ0) is 19.7. The van der Waals surface area contributed by atoms with E-state index >= 15 is 0 Å². The maximum Gasteiger partial charge on any atom is 0.272 e. The van der Waals surface area contributed by atoms with Crippen molar-refractivity contribution in [2.75, 3.05) is 18.4 Å². The van der Waals surface area contributed by atoms with Gasteiger partial charge in [0.15, 0.2) is 0 Å². The second-order valence-corrected chi connectivity index (χ2v) is 7.32. The third kappa shape index (κ3) is 3.81. The van der Waals surface area contributed by atoms with E-state index < -0.39 is 0 Å². The Kier molecular flexibility index (Phi) is 4.94. The van der Waals surface area contributed by atoms with Gasteiger partial charge >= 0.3 is 0 Å². The summed E-state index contributed by atoms with van der Waals surface area (Å²) in [5, 5.41) is 3.73. The molecule has 28 heavy (non-hydrogen) atoms. The first-order valence-electron chi connectivity index (χ1n) is 9.42. The Morgan fingerprint density at radius 2 is 1.71 bits per heavy atom. The Balaban J connectivity index is 1.72. The van der Waals surface area contributed by atoms with Crippen LogP contribution in [0.5, 0.6) is 0 Å². The van der Waals surface area contributed by atoms with Crippen molar-refractivity contribution < 1.29 is 13.6 Å². The van der Waals surface area contributed by atoms with Gasteiger partial charge in [0.1, 0.15) is 17.3 Å². The minimum absolute atomic E-state index is 0.125. The number of amides is 1. The molecule has 4 nitrogen and oxygen atoms in total. The van der Waals surface area contributed by atoms with Gasteiger partial charge in [0.25, 0.3) is 5.91 Å². The maximum atomic E-state index is 13.8. The molecule has 1 saturated heterocycles. The lowest BCUT2D eigenvalue weighted by molar-refractivity contribution is 0.0691. The van der Waals surface area contributed by atoms with Crippen LogP contribution in [-0.2, 0) is 0 Å². The number of aromatic nitrogens is 1. The molecule has 4 rings (SSSR count). The number of nitrogens with zero attached hydrogens (tertiary/aromatic N) is 2. The predicted molar refractivity (Wildman–Crippen MR) is 106 cm³/mol. The van der Waals surface area contributed by atoms with Crippen molar-refractivity contribution in [3.05, 3.63) is 65.9 Å². The third-order valence-corrected chi connectivity index (χ3v) is 5.18. The summed E-state index contributed by atoms with van der Waals surface area (Å²) in [6.07, 6.45) is 1.95. The van der Waals surface area contributed by atoms with Crippen LogP contribution in [0, 0.1) is 17.6 Å². The van der Waals surface area contributed by atoms with Crippen molar-refractivity contribution in [3.63, 3.8) is 0 Å². The number of nitrogens with one attached hydrogen (secondary N) is 1. The number of rotatable bonds is 3. The van der Waals surface area contributed by atoms with Crippen LogP contribution in [0.3, 0.4) is 0 Å². The van der Waals surface area contributed by atoms with Gasteiger partial charge < -0.3 is 10.2 Å². The molecule has 0 saturated carbocycles. The van der Waals surface area contributed by atoms with Crippen molar-refractivity contribution in [2.24, 2.45) is 5.92 Å². The van der Waals surface area contributed by atoms with Crippen LogP contribution in [0.15, 0.2) is 48.5 Å². The fourth-order valence-corrected chi connectivity index (χ4v) is 3.47. The largest absolute Gasteiger partial charge is 0.355 e. The second kappa shape index (κ2) is 7.54. The van der Waals surface area contributed by atoms with Crippen LogP contribution in [-0.4, -0.2) is 28.9 Å². The molecule has 1 N–H and O–H groups in total. The summed E-state index contributed by atoms with van der Waals surface area (Å²) in [5.74, 6) is -0.237. The molecule has 3 aromatic rings. The Morgan fingerprint density at radius 3 is 2.43 bits per heavy atom. The van der Waals surface area contributed by atoms with E-state index in [4.69, 9.17) is 0 Å². The van der Waals surface area contributed by atoms with E-state index in [0.29, 0.717) is 47.0 Å². The summed E-state index contributed by atoms with van der Waals surface area (Å²) < 4.78 is 27.0. The summed E-state index contributed by atoms with van der Waals surface area (Å²) in [4.78, 5) is 19.3. The minimum Gasteiger partial charge on any atom is -0.355 e. The molecular formula is C22H21F2N3O. The van der Waals surface area contributed by atoms with Crippen molar-refractivity contribution in [1.29, 1.82) is 0 Å². The molecule has 0 unspecified atom stereocenters. The van der Waals surface area contributed by atoms with E-state index in [1.54, 1.807) is 24.3 Å². The zero-order valence-corrected chi connectivity index (χ0v) is 15.6. The Morgan fingerprint density at radius 1 is 1.04 bits per heavy atom. The third-order valence-electron chi connectivity index (χ3n) is 5.18. The van der Waals surface area contributed by atoms with Gasteiger partial charge in [-0.3, -0.25) is 4.79 Å². The number of pyridine rings is 1. The van der Waals surface area contributed by atoms with E-state index in [0.717, 1.165) is 12.8 Å². The molecule has 0 aliphatic carbocycles. The number of hydrogen-bond acceptors (Lipinski definition) is 3. The molecule has 2 aromatic carbocycles. The monoisotopic (exact) mass is 381 g/mol. The summed E-state index contributed by atoms with van der Waals surface area (Å²) in [6.45, 7) is 3.61. The molecule has 1 aromatic heterocycles. The molecule has 1 fully saturated rings. The van der Waals surface area contributed by atoms with Gasteiger partial charge in [-0.1, -0.05) is 6.92 Å². The number of anilines is 2. The Labute approximate surface area is 162 Å². The van der Waals surface area contributed by atoms with Crippen LogP contribution in [0.2, 0.25) is 0 Å². The molecule has 1 aliphatic rings. The molecule has 2 heterocycles. The number of carbonyl (C=O) groups is 1. The zero-order valence-electron chi connectivity index (χ0n) is 15.6. The van der Waals surface area contributed by atoms with Crippen LogP contribution in [0.25, 0.3) is 10.9 Å². The molecule has 0 radical (unpaired) electrons. The van der Waals surface area contributed by atoms with Crippen LogP contribution >= 0.6 is 0 Å². The summed E-state index contributed by atoms with van der Waals surface area (Å²) >= 11 is 0. The molecular weight excluding hydrogens is 360 g/mol. The van der Waals surface area contributed by atoms with Gasteiger partial charge in [0, 0.05) is 24.2 Å². The van der Waals surface area contributed by atoms with Gasteiger partial charge in [-0.25, -0.2) is 13.8 Å². The van der Waals surface area contributed by atoms with Crippen molar-refractivity contribution in [2.45, 2.75) is 19.8 Å². The smallest absolute Gasteiger partial charge is 0.272 e. The molecule has 0 atom stereocenters. The molecule has 6 heteroatoms. The van der Waals surface area contributed by atoms with Crippen molar-refractivity contribution in [3.8, 4) is 0 Å². The lowest BCUT2D eigenvalue weighted by Gasteiger charge is -2.30. The topological polar surface area (TPSA) is 45.2 Å². The van der Waals surface area contributed by atoms with Crippen LogP contribution < -0.4 is 5.32 Å². The molecule has 0 bridgehead atoms. The first-order chi connectivity index (χ1) is 13.5. The van der Waals surface area contributed by atoms with Crippen molar-refractivity contribution >= 4 is 28.2 Å². The lowest BCUT2D eigenvalue weighted by Crippen LogP contribution is -2.38. The van der Waals surface area contributed by atoms with Crippen LogP contribution in [0.1, 0.15) is 30.3 Å². The summed E-state index contributed by atoms with van der Waals surface area (Å²) in [5.41, 5.74) is 2.05. The number of fused-ring (bicyclic) bond motifs is 1. The number of carbonyl (C=O) groups excluding carboxylic acids is 1. The fraction of sp³-hybridized carbons (Fsp3) is 0.273. The Bertz CT molecular complexity index is 1010. The van der Waals surface area contributed by atoms with Crippen molar-refractivity contribution in [1.82, 2.24) is 9.88 Å². The predicted octanol–water partition coefficient (Wildman–Crippen LogP) is 5.13. The maximum absolute atomic E-state index is 13.8. The SMILES string of the molecule is CC1CCN(C(=O)c2cc(Nc3ccc(F)cc3)c3cc(F)ccc3n2)CC1. The number of likely N-dealkylation sites (tertiary alicyclic amines) is 1. The lowest BCUT2D eigenvalue weighted by atomic mass is 9.99. The van der Waals surface area contributed by atoms with E-state index in [2.05, 4.69) is 17.2 Å². The highest BCUT2D eigenvalue weighted by Gasteiger charge is 2.23. The standard InChI is InChI=1S/C22H21F2N3O/c1-14-8-10-27(11-9-14)22(28)21-13-20(25-17-5-2-15(23)3-6-17)18-12-16(24)4-7-19(18)26-21/h2-7,12-14H,8-11H2,1H3,(H,25,26). The molecule has 144 valence electrons. The minimum atomic E-state index is -0.388. The summed E-state index contributed by atoms with van der Waals surface area (Å²) in [6, 6.07) is 11.8. The molecule has 0 spiro atoms. The highest BCUT2D eigenvalue weighted by atomic mass is 19.1. The molecule has 1 amide bonds. The normalized spacial score (nSPS) is 15.0. The number of halogens is 2. The van der Waals surface area contributed by atoms with Gasteiger partial charge in [-0.15, -0.1) is 0 Å². The number of piperidine rings is 1. The van der Waals surface area contributed by atoms with Gasteiger partial charge in [0.2, 0.25) is 0 Å². The van der Waals surface area contributed by atoms with E-state index in [9.17, 15) is 13.6 Å². The highest BCUT2D eigenvalue weighted by molar-refractivity contribution is 6.00. The van der Waals surface area contributed by atoms with E-state index in [1.165, 1.54) is 24.3 Å². The van der Waals surface area contributed by atoms with E-state index in [1.807, 2.05) is 4.90 Å². The van der Waals surface area contributed by atoms with E-state index in [-0.39, 0.29) is 17.5 Å². The quantitative estimate of drug-likeness (QED) is 0.684. The summed E-state index contributed by atoms with van der Waals surface area (Å²) in [7, 11) is 0. The van der Waals surface area contributed by atoms with Gasteiger partial charge in [-0.2, -0.15) is 0 Å². The average molecular weight is 381 g/mol. The first-order valence-corrected chi connectivity index (χ1v) is 9.42. The van der Waals surface area contributed by atoms with Gasteiger partial charge in [-0.05, 0) is 67.3 Å². The Hall–Kier alpha value is -3.02. The second-order valence-electron chi connectivity index (χ2n) is 7.32. The van der Waals surface area contributed by atoms with Crippen LogP contribution in [0.4, 0.5) is 20.2 Å². The van der Waals surface area contributed by atoms with Gasteiger partial charge in [0.05, 0.1) is 11.2 Å². The number of hydrogen-bond donors (Lipinski definition) is 1. The average Bonchev–Trinajstić information content (AvgIpc) is 2.70. The number of benzene rings is 2. The molecule has 1 aliphatic heterocycles.